The van der Waals surface area contributed by atoms with Crippen LogP contribution in [-0.2, 0) is 12.8 Å². The fraction of sp³-hybridized carbons (Fsp3) is 0.292. The summed E-state index contributed by atoms with van der Waals surface area (Å²) in [7, 11) is 0. The molecule has 0 fully saturated rings. The third-order valence-corrected chi connectivity index (χ3v) is 5.11. The van der Waals surface area contributed by atoms with Crippen molar-refractivity contribution in [2.75, 3.05) is 0 Å². The molecule has 0 aliphatic carbocycles. The summed E-state index contributed by atoms with van der Waals surface area (Å²) in [5.74, 6) is 2.11. The highest BCUT2D eigenvalue weighted by Crippen LogP contribution is 2.18. The van der Waals surface area contributed by atoms with E-state index in [0.29, 0.717) is 0 Å². The largest absolute Gasteiger partial charge is 0.348 e. The van der Waals surface area contributed by atoms with Gasteiger partial charge in [-0.1, -0.05) is 12.8 Å². The fourth-order valence-corrected chi connectivity index (χ4v) is 3.46. The van der Waals surface area contributed by atoms with Crippen molar-refractivity contribution in [1.82, 2.24) is 29.9 Å². The van der Waals surface area contributed by atoms with E-state index in [2.05, 4.69) is 36.3 Å². The lowest BCUT2D eigenvalue weighted by Crippen LogP contribution is -1.91. The fourth-order valence-electron chi connectivity index (χ4n) is 3.46. The number of nitrogens with zero attached hydrogens (tertiary/aromatic N) is 4. The van der Waals surface area contributed by atoms with E-state index in [1.807, 2.05) is 36.7 Å². The van der Waals surface area contributed by atoms with E-state index in [9.17, 15) is 0 Å². The first-order valence-corrected chi connectivity index (χ1v) is 10.6. The molecule has 6 heteroatoms. The van der Waals surface area contributed by atoms with Crippen LogP contribution in [0.25, 0.3) is 22.5 Å². The molecule has 6 nitrogen and oxygen atoms in total. The number of aromatic amines is 2. The highest BCUT2D eigenvalue weighted by atomic mass is 14.9. The summed E-state index contributed by atoms with van der Waals surface area (Å²) in [5.41, 5.74) is 4.18. The van der Waals surface area contributed by atoms with Crippen molar-refractivity contribution in [3.8, 4) is 22.5 Å². The van der Waals surface area contributed by atoms with E-state index in [4.69, 9.17) is 0 Å². The lowest BCUT2D eigenvalue weighted by atomic mass is 10.1. The van der Waals surface area contributed by atoms with Crippen molar-refractivity contribution in [2.24, 2.45) is 0 Å². The molecule has 30 heavy (non-hydrogen) atoms. The number of unbranched alkanes of at least 4 members (excludes halogenated alkanes) is 5. The molecule has 4 heterocycles. The van der Waals surface area contributed by atoms with Gasteiger partial charge in [0.1, 0.15) is 11.6 Å². The van der Waals surface area contributed by atoms with E-state index in [-0.39, 0.29) is 0 Å². The number of pyridine rings is 2. The van der Waals surface area contributed by atoms with E-state index < -0.39 is 0 Å². The highest BCUT2D eigenvalue weighted by molar-refractivity contribution is 5.57. The molecule has 4 rings (SSSR count). The van der Waals surface area contributed by atoms with E-state index in [0.717, 1.165) is 72.7 Å². The lowest BCUT2D eigenvalue weighted by Gasteiger charge is -2.01. The molecule has 4 aromatic rings. The second-order valence-electron chi connectivity index (χ2n) is 7.36. The predicted octanol–water partition coefficient (Wildman–Crippen LogP) is 5.20. The summed E-state index contributed by atoms with van der Waals surface area (Å²) in [6.07, 6.45) is 21.2. The third kappa shape index (κ3) is 5.63. The number of rotatable bonds is 11. The van der Waals surface area contributed by atoms with Gasteiger partial charge in [0.2, 0.25) is 0 Å². The minimum atomic E-state index is 0.978. The topological polar surface area (TPSA) is 83.1 Å². The standard InChI is InChI=1S/C24H27N6/c1(3-5-7-23-27-17-21(29-23)19-9-13-25-14-10-19)2-4-6-8-24-28-18-22(30-24)20-11-15-26-16-12-20/h1,9-18H,2-8H2,(H,27,29)(H,28,30). The van der Waals surface area contributed by atoms with Crippen LogP contribution in [0.2, 0.25) is 0 Å². The van der Waals surface area contributed by atoms with Gasteiger partial charge in [0.25, 0.3) is 0 Å². The zero-order chi connectivity index (χ0) is 20.4. The summed E-state index contributed by atoms with van der Waals surface area (Å²) in [6.45, 7) is 0. The van der Waals surface area contributed by atoms with Crippen LogP contribution in [-0.4, -0.2) is 29.9 Å². The molecule has 0 aliphatic heterocycles. The van der Waals surface area contributed by atoms with Crippen LogP contribution in [0.1, 0.15) is 43.8 Å². The van der Waals surface area contributed by atoms with Gasteiger partial charge in [0.15, 0.2) is 0 Å². The Kier molecular flexibility index (Phi) is 6.99. The number of aryl methyl sites for hydroxylation is 2. The molecule has 1 radical (unpaired) electrons. The number of imidazole rings is 2. The average molecular weight is 400 g/mol. The van der Waals surface area contributed by atoms with Gasteiger partial charge in [-0.25, -0.2) is 9.97 Å². The normalized spacial score (nSPS) is 11.1. The number of hydrogen-bond donors (Lipinski definition) is 2. The van der Waals surface area contributed by atoms with E-state index in [1.165, 1.54) is 6.42 Å². The second kappa shape index (κ2) is 10.5. The molecule has 0 saturated carbocycles. The van der Waals surface area contributed by atoms with Gasteiger partial charge < -0.3 is 9.97 Å². The van der Waals surface area contributed by atoms with Gasteiger partial charge in [0.05, 0.1) is 11.4 Å². The molecule has 2 N–H and O–H groups in total. The number of aromatic nitrogens is 6. The van der Waals surface area contributed by atoms with Crippen LogP contribution < -0.4 is 0 Å². The molecule has 0 unspecified atom stereocenters. The van der Waals surface area contributed by atoms with Crippen molar-refractivity contribution in [1.29, 1.82) is 0 Å². The first kappa shape index (κ1) is 20.0. The minimum absolute atomic E-state index is 0.978. The van der Waals surface area contributed by atoms with Crippen molar-refractivity contribution in [2.45, 2.75) is 44.9 Å². The van der Waals surface area contributed by atoms with E-state index in [1.54, 1.807) is 24.8 Å². The highest BCUT2D eigenvalue weighted by Gasteiger charge is 2.05. The molecule has 4 aromatic heterocycles. The van der Waals surface area contributed by atoms with Crippen LogP contribution >= 0.6 is 0 Å². The van der Waals surface area contributed by atoms with Crippen molar-refractivity contribution in [3.05, 3.63) is 79.5 Å². The van der Waals surface area contributed by atoms with Gasteiger partial charge in [0, 0.05) is 61.1 Å². The zero-order valence-corrected chi connectivity index (χ0v) is 17.1. The Bertz CT molecular complexity index is 923. The summed E-state index contributed by atoms with van der Waals surface area (Å²) in [6, 6.07) is 7.93. The number of H-pyrrole nitrogens is 2. The molecule has 0 saturated heterocycles. The van der Waals surface area contributed by atoms with Crippen LogP contribution in [0.4, 0.5) is 0 Å². The molecule has 0 bridgehead atoms. The molecule has 0 aromatic carbocycles. The summed E-state index contributed by atoms with van der Waals surface area (Å²) < 4.78 is 0. The van der Waals surface area contributed by atoms with Gasteiger partial charge in [-0.05, 0) is 49.9 Å². The predicted molar refractivity (Wildman–Crippen MR) is 118 cm³/mol. The number of hydrogen-bond acceptors (Lipinski definition) is 4. The second-order valence-corrected chi connectivity index (χ2v) is 7.36. The Balaban J connectivity index is 1.08. The monoisotopic (exact) mass is 399 g/mol. The maximum Gasteiger partial charge on any atom is 0.106 e. The smallest absolute Gasteiger partial charge is 0.106 e. The van der Waals surface area contributed by atoms with Crippen LogP contribution in [0.15, 0.2) is 61.4 Å². The van der Waals surface area contributed by atoms with Crippen LogP contribution in [0, 0.1) is 6.42 Å². The Morgan fingerprint density at radius 2 is 1.13 bits per heavy atom. The SMILES string of the molecule is [CH](CCCCc1nc(-c2ccncc2)c[nH]1)CCCc1nc(-c2ccncc2)c[nH]1. The molecular formula is C24H27N6. The number of nitrogens with one attached hydrogen (secondary N) is 2. The van der Waals surface area contributed by atoms with Gasteiger partial charge in [-0.2, -0.15) is 0 Å². The van der Waals surface area contributed by atoms with Crippen molar-refractivity contribution < 1.29 is 0 Å². The Hall–Kier alpha value is -3.28. The van der Waals surface area contributed by atoms with Crippen LogP contribution in [0.5, 0.6) is 0 Å². The Morgan fingerprint density at radius 1 is 0.633 bits per heavy atom. The minimum Gasteiger partial charge on any atom is -0.348 e. The lowest BCUT2D eigenvalue weighted by molar-refractivity contribution is 0.671. The average Bonchev–Trinajstić information content (AvgIpc) is 3.47. The summed E-state index contributed by atoms with van der Waals surface area (Å²) in [5, 5.41) is 0. The summed E-state index contributed by atoms with van der Waals surface area (Å²) in [4.78, 5) is 24.0. The van der Waals surface area contributed by atoms with E-state index >= 15 is 0 Å². The maximum absolute atomic E-state index is 4.68. The summed E-state index contributed by atoms with van der Waals surface area (Å²) >= 11 is 0. The van der Waals surface area contributed by atoms with Gasteiger partial charge >= 0.3 is 0 Å². The molecular weight excluding hydrogens is 372 g/mol. The maximum atomic E-state index is 4.68. The van der Waals surface area contributed by atoms with Gasteiger partial charge in [-0.15, -0.1) is 0 Å². The zero-order valence-electron chi connectivity index (χ0n) is 17.1. The first-order chi connectivity index (χ1) is 14.9. The molecule has 0 amide bonds. The Morgan fingerprint density at radius 3 is 1.70 bits per heavy atom. The molecule has 0 atom stereocenters. The van der Waals surface area contributed by atoms with Gasteiger partial charge in [-0.3, -0.25) is 9.97 Å². The molecule has 0 aliphatic rings. The third-order valence-electron chi connectivity index (χ3n) is 5.11. The van der Waals surface area contributed by atoms with Crippen LogP contribution in [0.3, 0.4) is 0 Å². The quantitative estimate of drug-likeness (QED) is 0.340. The molecule has 153 valence electrons. The van der Waals surface area contributed by atoms with Crippen molar-refractivity contribution in [3.63, 3.8) is 0 Å². The van der Waals surface area contributed by atoms with Crippen molar-refractivity contribution >= 4 is 0 Å². The Labute approximate surface area is 177 Å². The first-order valence-electron chi connectivity index (χ1n) is 10.6. The molecule has 0 spiro atoms.